The lowest BCUT2D eigenvalue weighted by atomic mass is 10.2. The summed E-state index contributed by atoms with van der Waals surface area (Å²) in [6.07, 6.45) is 3.19. The maximum Gasteiger partial charge on any atom is 0.319 e. The van der Waals surface area contributed by atoms with Gasteiger partial charge in [-0.05, 0) is 30.7 Å². The van der Waals surface area contributed by atoms with Gasteiger partial charge in [0.05, 0.1) is 0 Å². The number of likely N-dealkylation sites (N-methyl/N-ethyl adjacent to an activating group) is 1. The maximum atomic E-state index is 12.1. The number of hydrogen-bond acceptors (Lipinski definition) is 5. The molecule has 3 aromatic rings. The average molecular weight is 412 g/mol. The SMILES string of the molecule is CC(C)c1noc(CCCNC(=O)Nc2ccc3c(ccn3CC(=O)N(C)C)c2)n1. The van der Waals surface area contributed by atoms with Crippen LogP contribution in [0.5, 0.6) is 0 Å². The smallest absolute Gasteiger partial charge is 0.319 e. The van der Waals surface area contributed by atoms with Crippen LogP contribution >= 0.6 is 0 Å². The molecule has 9 heteroatoms. The molecule has 9 nitrogen and oxygen atoms in total. The molecule has 0 unspecified atom stereocenters. The third kappa shape index (κ3) is 5.37. The van der Waals surface area contributed by atoms with Crippen LogP contribution in [0.15, 0.2) is 35.0 Å². The molecule has 2 heterocycles. The van der Waals surface area contributed by atoms with E-state index in [1.54, 1.807) is 19.0 Å². The highest BCUT2D eigenvalue weighted by atomic mass is 16.5. The summed E-state index contributed by atoms with van der Waals surface area (Å²) in [5, 5.41) is 10.5. The molecule has 0 spiro atoms. The Balaban J connectivity index is 1.48. The summed E-state index contributed by atoms with van der Waals surface area (Å²) < 4.78 is 7.09. The number of amides is 3. The van der Waals surface area contributed by atoms with E-state index in [1.165, 1.54) is 0 Å². The molecule has 0 atom stereocenters. The molecule has 0 radical (unpaired) electrons. The average Bonchev–Trinajstić information content (AvgIpc) is 3.32. The fourth-order valence-electron chi connectivity index (χ4n) is 2.92. The first-order chi connectivity index (χ1) is 14.3. The lowest BCUT2D eigenvalue weighted by molar-refractivity contribution is -0.129. The van der Waals surface area contributed by atoms with Crippen molar-refractivity contribution < 1.29 is 14.1 Å². The second-order valence-corrected chi connectivity index (χ2v) is 7.69. The van der Waals surface area contributed by atoms with Crippen molar-refractivity contribution in [3.05, 3.63) is 42.2 Å². The van der Waals surface area contributed by atoms with Gasteiger partial charge in [-0.1, -0.05) is 19.0 Å². The second-order valence-electron chi connectivity index (χ2n) is 7.69. The third-order valence-electron chi connectivity index (χ3n) is 4.69. The van der Waals surface area contributed by atoms with E-state index < -0.39 is 0 Å². The van der Waals surface area contributed by atoms with Crippen LogP contribution in [0.1, 0.15) is 37.9 Å². The molecule has 0 saturated carbocycles. The van der Waals surface area contributed by atoms with Gasteiger partial charge >= 0.3 is 6.03 Å². The Morgan fingerprint density at radius 1 is 1.23 bits per heavy atom. The van der Waals surface area contributed by atoms with Gasteiger partial charge in [0.2, 0.25) is 11.8 Å². The van der Waals surface area contributed by atoms with Crippen LogP contribution in [-0.4, -0.2) is 52.2 Å². The molecule has 2 N–H and O–H groups in total. The molecule has 0 aliphatic rings. The molecule has 1 aromatic carbocycles. The quantitative estimate of drug-likeness (QED) is 0.554. The van der Waals surface area contributed by atoms with E-state index >= 15 is 0 Å². The number of fused-ring (bicyclic) bond motifs is 1. The van der Waals surface area contributed by atoms with Crippen molar-refractivity contribution in [1.82, 2.24) is 24.9 Å². The van der Waals surface area contributed by atoms with E-state index in [4.69, 9.17) is 4.52 Å². The topological polar surface area (TPSA) is 105 Å². The molecule has 160 valence electrons. The third-order valence-corrected chi connectivity index (χ3v) is 4.69. The van der Waals surface area contributed by atoms with Gasteiger partial charge in [-0.2, -0.15) is 4.98 Å². The van der Waals surface area contributed by atoms with Crippen LogP contribution in [0.3, 0.4) is 0 Å². The number of nitrogens with zero attached hydrogens (tertiary/aromatic N) is 4. The number of hydrogen-bond donors (Lipinski definition) is 2. The van der Waals surface area contributed by atoms with Gasteiger partial charge in [0.1, 0.15) is 6.54 Å². The number of carbonyl (C=O) groups excluding carboxylic acids is 2. The standard InChI is InChI=1S/C21H28N6O3/c1-14(2)20-24-18(30-25-20)6-5-10-22-21(29)23-16-7-8-17-15(12-16)9-11-27(17)13-19(28)26(3)4/h7-9,11-12,14H,5-6,10,13H2,1-4H3,(H2,22,23,29). The lowest BCUT2D eigenvalue weighted by Crippen LogP contribution is -2.29. The van der Waals surface area contributed by atoms with Crippen LogP contribution in [0.4, 0.5) is 10.5 Å². The van der Waals surface area contributed by atoms with Crippen LogP contribution < -0.4 is 10.6 Å². The van der Waals surface area contributed by atoms with Crippen molar-refractivity contribution in [1.29, 1.82) is 0 Å². The van der Waals surface area contributed by atoms with Crippen LogP contribution in [-0.2, 0) is 17.8 Å². The van der Waals surface area contributed by atoms with Crippen molar-refractivity contribution in [2.24, 2.45) is 0 Å². The van der Waals surface area contributed by atoms with Crippen molar-refractivity contribution in [3.63, 3.8) is 0 Å². The first-order valence-electron chi connectivity index (χ1n) is 10.00. The molecular weight excluding hydrogens is 384 g/mol. The minimum Gasteiger partial charge on any atom is -0.347 e. The zero-order valence-corrected chi connectivity index (χ0v) is 17.8. The Morgan fingerprint density at radius 3 is 2.73 bits per heavy atom. The predicted octanol–water partition coefficient (Wildman–Crippen LogP) is 2.99. The fraction of sp³-hybridized carbons (Fsp3) is 0.429. The van der Waals surface area contributed by atoms with Crippen molar-refractivity contribution in [3.8, 4) is 0 Å². The molecule has 3 rings (SSSR count). The summed E-state index contributed by atoms with van der Waals surface area (Å²) in [6.45, 7) is 4.80. The predicted molar refractivity (Wildman–Crippen MR) is 114 cm³/mol. The molecular formula is C21H28N6O3. The summed E-state index contributed by atoms with van der Waals surface area (Å²) in [5.74, 6) is 1.54. The molecule has 0 saturated heterocycles. The summed E-state index contributed by atoms with van der Waals surface area (Å²) >= 11 is 0. The number of carbonyl (C=O) groups is 2. The fourth-order valence-corrected chi connectivity index (χ4v) is 2.92. The van der Waals surface area contributed by atoms with E-state index in [0.717, 1.165) is 10.9 Å². The zero-order valence-electron chi connectivity index (χ0n) is 17.8. The van der Waals surface area contributed by atoms with Gasteiger partial charge < -0.3 is 24.6 Å². The van der Waals surface area contributed by atoms with Gasteiger partial charge in [0.25, 0.3) is 0 Å². The van der Waals surface area contributed by atoms with Crippen molar-refractivity contribution in [2.75, 3.05) is 26.0 Å². The molecule has 3 amide bonds. The van der Waals surface area contributed by atoms with E-state index in [0.29, 0.717) is 36.8 Å². The summed E-state index contributed by atoms with van der Waals surface area (Å²) in [4.78, 5) is 30.0. The lowest BCUT2D eigenvalue weighted by Gasteiger charge is -2.12. The monoisotopic (exact) mass is 412 g/mol. The van der Waals surface area contributed by atoms with Crippen LogP contribution in [0.25, 0.3) is 10.9 Å². The number of urea groups is 1. The molecule has 30 heavy (non-hydrogen) atoms. The largest absolute Gasteiger partial charge is 0.347 e. The Morgan fingerprint density at radius 2 is 2.03 bits per heavy atom. The Hall–Kier alpha value is -3.36. The van der Waals surface area contributed by atoms with E-state index in [-0.39, 0.29) is 24.4 Å². The first-order valence-corrected chi connectivity index (χ1v) is 10.00. The zero-order chi connectivity index (χ0) is 21.7. The van der Waals surface area contributed by atoms with Gasteiger partial charge in [-0.25, -0.2) is 4.79 Å². The maximum absolute atomic E-state index is 12.1. The highest BCUT2D eigenvalue weighted by Gasteiger charge is 2.11. The molecule has 0 fully saturated rings. The molecule has 0 bridgehead atoms. The summed E-state index contributed by atoms with van der Waals surface area (Å²) in [6, 6.07) is 7.26. The van der Waals surface area contributed by atoms with Crippen LogP contribution in [0, 0.1) is 0 Å². The highest BCUT2D eigenvalue weighted by molar-refractivity contribution is 5.93. The Bertz CT molecular complexity index is 1020. The van der Waals surface area contributed by atoms with Gasteiger partial charge in [-0.15, -0.1) is 0 Å². The highest BCUT2D eigenvalue weighted by Crippen LogP contribution is 2.20. The van der Waals surface area contributed by atoms with Crippen molar-refractivity contribution in [2.45, 2.75) is 39.2 Å². The normalized spacial score (nSPS) is 11.1. The second kappa shape index (κ2) is 9.43. The Labute approximate surface area is 175 Å². The number of aryl methyl sites for hydroxylation is 1. The number of anilines is 1. The van der Waals surface area contributed by atoms with Crippen molar-refractivity contribution >= 4 is 28.5 Å². The van der Waals surface area contributed by atoms with Gasteiger partial charge in [-0.3, -0.25) is 4.79 Å². The number of aromatic nitrogens is 3. The summed E-state index contributed by atoms with van der Waals surface area (Å²) in [5.41, 5.74) is 1.63. The number of rotatable bonds is 8. The van der Waals surface area contributed by atoms with E-state index in [9.17, 15) is 9.59 Å². The Kier molecular flexibility index (Phi) is 6.71. The van der Waals surface area contributed by atoms with Crippen LogP contribution in [0.2, 0.25) is 0 Å². The summed E-state index contributed by atoms with van der Waals surface area (Å²) in [7, 11) is 3.47. The number of benzene rings is 1. The molecule has 2 aromatic heterocycles. The van der Waals surface area contributed by atoms with Gasteiger partial charge in [0, 0.05) is 55.8 Å². The minimum atomic E-state index is -0.273. The van der Waals surface area contributed by atoms with Gasteiger partial charge in [0.15, 0.2) is 5.82 Å². The molecule has 0 aliphatic carbocycles. The number of nitrogens with one attached hydrogen (secondary N) is 2. The minimum absolute atomic E-state index is 0.0232. The van der Waals surface area contributed by atoms with E-state index in [2.05, 4.69) is 20.8 Å². The van der Waals surface area contributed by atoms with E-state index in [1.807, 2.05) is 48.9 Å². The molecule has 0 aliphatic heterocycles. The first kappa shape index (κ1) is 21.4.